The molecule has 2 aliphatic heterocycles. The fourth-order valence-electron chi connectivity index (χ4n) is 4.46. The number of likely N-dealkylation sites (tertiary alicyclic amines) is 1. The number of piperidine rings is 1. The average molecular weight is 434 g/mol. The molecule has 6 nitrogen and oxygen atoms in total. The molecule has 4 rings (SSSR count). The molecule has 2 N–H and O–H groups in total. The van der Waals surface area contributed by atoms with Gasteiger partial charge in [-0.15, -0.1) is 0 Å². The SMILES string of the molecule is CCC/C(Nc1ccc(CN2CCCCC2)cc1)=C1/C(=O)Nc2cc(C(=O)OC)ccc21. The second kappa shape index (κ2) is 10.0. The number of benzene rings is 2. The molecule has 0 radical (unpaired) electrons. The maximum atomic E-state index is 12.8. The molecule has 0 saturated carbocycles. The number of anilines is 2. The standard InChI is InChI=1S/C26H31N3O3/c1-3-7-22(24-21-13-10-19(26(31)32-2)16-23(21)28-25(24)30)27-20-11-8-18(9-12-20)17-29-14-5-4-6-15-29/h8-13,16,27H,3-7,14-15,17H2,1-2H3,(H,28,30)/b24-22-. The topological polar surface area (TPSA) is 70.7 Å². The number of fused-ring (bicyclic) bond motifs is 1. The summed E-state index contributed by atoms with van der Waals surface area (Å²) in [5.41, 5.74) is 5.66. The quantitative estimate of drug-likeness (QED) is 0.473. The van der Waals surface area contributed by atoms with E-state index in [1.165, 1.54) is 45.0 Å². The Labute approximate surface area is 189 Å². The van der Waals surface area contributed by atoms with E-state index < -0.39 is 5.97 Å². The summed E-state index contributed by atoms with van der Waals surface area (Å²) < 4.78 is 4.79. The normalized spacial score (nSPS) is 17.5. The Bertz CT molecular complexity index is 1020. The van der Waals surface area contributed by atoms with Crippen LogP contribution in [0.3, 0.4) is 0 Å². The lowest BCUT2D eigenvalue weighted by molar-refractivity contribution is -0.110. The zero-order chi connectivity index (χ0) is 22.5. The van der Waals surface area contributed by atoms with E-state index in [1.54, 1.807) is 12.1 Å². The van der Waals surface area contributed by atoms with Crippen LogP contribution in [-0.2, 0) is 16.1 Å². The molecule has 168 valence electrons. The minimum absolute atomic E-state index is 0.153. The Kier molecular flexibility index (Phi) is 6.90. The maximum absolute atomic E-state index is 12.8. The van der Waals surface area contributed by atoms with E-state index in [9.17, 15) is 9.59 Å². The van der Waals surface area contributed by atoms with E-state index in [2.05, 4.69) is 46.7 Å². The van der Waals surface area contributed by atoms with Crippen molar-refractivity contribution in [1.29, 1.82) is 0 Å². The second-order valence-corrected chi connectivity index (χ2v) is 8.47. The van der Waals surface area contributed by atoms with Crippen molar-refractivity contribution in [3.05, 3.63) is 64.9 Å². The lowest BCUT2D eigenvalue weighted by Gasteiger charge is -2.26. The van der Waals surface area contributed by atoms with Crippen LogP contribution in [0, 0.1) is 0 Å². The summed E-state index contributed by atoms with van der Waals surface area (Å²) in [5.74, 6) is -0.573. The molecule has 32 heavy (non-hydrogen) atoms. The molecule has 0 spiro atoms. The van der Waals surface area contributed by atoms with Crippen LogP contribution >= 0.6 is 0 Å². The third kappa shape index (κ3) is 4.86. The second-order valence-electron chi connectivity index (χ2n) is 8.47. The number of rotatable bonds is 7. The third-order valence-electron chi connectivity index (χ3n) is 6.09. The fourth-order valence-corrected chi connectivity index (χ4v) is 4.46. The van der Waals surface area contributed by atoms with Gasteiger partial charge in [-0.05, 0) is 62.2 Å². The van der Waals surface area contributed by atoms with Crippen molar-refractivity contribution in [2.45, 2.75) is 45.6 Å². The van der Waals surface area contributed by atoms with E-state index >= 15 is 0 Å². The van der Waals surface area contributed by atoms with Crippen LogP contribution in [0.15, 0.2) is 48.2 Å². The zero-order valence-electron chi connectivity index (χ0n) is 18.9. The van der Waals surface area contributed by atoms with Crippen molar-refractivity contribution < 1.29 is 14.3 Å². The monoisotopic (exact) mass is 433 g/mol. The first kappa shape index (κ1) is 22.1. The van der Waals surface area contributed by atoms with E-state index in [0.29, 0.717) is 16.8 Å². The van der Waals surface area contributed by atoms with Gasteiger partial charge in [0.15, 0.2) is 0 Å². The summed E-state index contributed by atoms with van der Waals surface area (Å²) in [5, 5.41) is 6.38. The van der Waals surface area contributed by atoms with Gasteiger partial charge in [0, 0.05) is 23.5 Å². The number of hydrogen-bond acceptors (Lipinski definition) is 5. The van der Waals surface area contributed by atoms with E-state index in [4.69, 9.17) is 4.74 Å². The highest BCUT2D eigenvalue weighted by Crippen LogP contribution is 2.36. The minimum Gasteiger partial charge on any atom is -0.465 e. The summed E-state index contributed by atoms with van der Waals surface area (Å²) >= 11 is 0. The first-order valence-corrected chi connectivity index (χ1v) is 11.4. The number of esters is 1. The van der Waals surface area contributed by atoms with Crippen molar-refractivity contribution in [2.24, 2.45) is 0 Å². The number of nitrogens with zero attached hydrogens (tertiary/aromatic N) is 1. The van der Waals surface area contributed by atoms with Crippen LogP contribution in [-0.4, -0.2) is 37.0 Å². The molecule has 1 saturated heterocycles. The zero-order valence-corrected chi connectivity index (χ0v) is 18.9. The van der Waals surface area contributed by atoms with Gasteiger partial charge in [-0.1, -0.05) is 38.0 Å². The van der Waals surface area contributed by atoms with Gasteiger partial charge in [0.1, 0.15) is 0 Å². The molecule has 1 amide bonds. The summed E-state index contributed by atoms with van der Waals surface area (Å²) in [4.78, 5) is 27.2. The van der Waals surface area contributed by atoms with Crippen molar-refractivity contribution in [2.75, 3.05) is 30.8 Å². The summed E-state index contributed by atoms with van der Waals surface area (Å²) in [6.45, 7) is 5.44. The molecular weight excluding hydrogens is 402 g/mol. The van der Waals surface area contributed by atoms with Crippen LogP contribution in [0.2, 0.25) is 0 Å². The lowest BCUT2D eigenvalue weighted by Crippen LogP contribution is -2.29. The highest BCUT2D eigenvalue weighted by Gasteiger charge is 2.28. The molecule has 2 aromatic carbocycles. The molecule has 0 aliphatic carbocycles. The smallest absolute Gasteiger partial charge is 0.337 e. The van der Waals surface area contributed by atoms with Crippen molar-refractivity contribution in [3.63, 3.8) is 0 Å². The first-order valence-electron chi connectivity index (χ1n) is 11.4. The number of carbonyl (C=O) groups excluding carboxylic acids is 2. The third-order valence-corrected chi connectivity index (χ3v) is 6.09. The van der Waals surface area contributed by atoms with Gasteiger partial charge in [-0.2, -0.15) is 0 Å². The van der Waals surface area contributed by atoms with Gasteiger partial charge in [-0.3, -0.25) is 9.69 Å². The number of amides is 1. The van der Waals surface area contributed by atoms with Crippen LogP contribution in [0.4, 0.5) is 11.4 Å². The molecule has 0 unspecified atom stereocenters. The van der Waals surface area contributed by atoms with Gasteiger partial charge in [0.2, 0.25) is 0 Å². The van der Waals surface area contributed by atoms with Crippen LogP contribution in [0.25, 0.3) is 5.57 Å². The van der Waals surface area contributed by atoms with Crippen LogP contribution in [0.1, 0.15) is 60.5 Å². The summed E-state index contributed by atoms with van der Waals surface area (Å²) in [6.07, 6.45) is 5.57. The minimum atomic E-state index is -0.420. The molecular formula is C26H31N3O3. The number of nitrogens with one attached hydrogen (secondary N) is 2. The van der Waals surface area contributed by atoms with E-state index in [0.717, 1.165) is 36.3 Å². The van der Waals surface area contributed by atoms with E-state index in [-0.39, 0.29) is 5.91 Å². The van der Waals surface area contributed by atoms with Gasteiger partial charge in [0.25, 0.3) is 5.91 Å². The lowest BCUT2D eigenvalue weighted by atomic mass is 10.0. The number of carbonyl (C=O) groups is 2. The average Bonchev–Trinajstić information content (AvgIpc) is 3.15. The summed E-state index contributed by atoms with van der Waals surface area (Å²) in [7, 11) is 1.35. The molecule has 2 aromatic rings. The van der Waals surface area contributed by atoms with Crippen LogP contribution in [0.5, 0.6) is 0 Å². The van der Waals surface area contributed by atoms with Crippen LogP contribution < -0.4 is 10.6 Å². The Morgan fingerprint density at radius 3 is 2.53 bits per heavy atom. The summed E-state index contributed by atoms with van der Waals surface area (Å²) in [6, 6.07) is 13.7. The Hall–Kier alpha value is -3.12. The van der Waals surface area contributed by atoms with Crippen molar-refractivity contribution >= 4 is 28.8 Å². The highest BCUT2D eigenvalue weighted by molar-refractivity contribution is 6.32. The molecule has 0 atom stereocenters. The molecule has 2 aliphatic rings. The number of ether oxygens (including phenoxy) is 1. The predicted molar refractivity (Wildman–Crippen MR) is 127 cm³/mol. The molecule has 0 bridgehead atoms. The maximum Gasteiger partial charge on any atom is 0.337 e. The molecule has 2 heterocycles. The highest BCUT2D eigenvalue weighted by atomic mass is 16.5. The Morgan fingerprint density at radius 1 is 1.09 bits per heavy atom. The molecule has 0 aromatic heterocycles. The van der Waals surface area contributed by atoms with Crippen molar-refractivity contribution in [3.8, 4) is 0 Å². The molecule has 6 heteroatoms. The van der Waals surface area contributed by atoms with Gasteiger partial charge < -0.3 is 15.4 Å². The van der Waals surface area contributed by atoms with Gasteiger partial charge in [0.05, 0.1) is 23.9 Å². The fraction of sp³-hybridized carbons (Fsp3) is 0.385. The number of allylic oxidation sites excluding steroid dienone is 1. The Morgan fingerprint density at radius 2 is 1.84 bits per heavy atom. The number of methoxy groups -OCH3 is 1. The largest absolute Gasteiger partial charge is 0.465 e. The number of hydrogen-bond donors (Lipinski definition) is 2. The molecule has 1 fully saturated rings. The van der Waals surface area contributed by atoms with Gasteiger partial charge in [-0.25, -0.2) is 4.79 Å². The van der Waals surface area contributed by atoms with Gasteiger partial charge >= 0.3 is 5.97 Å². The predicted octanol–water partition coefficient (Wildman–Crippen LogP) is 5.03. The Balaban J connectivity index is 1.56. The first-order chi connectivity index (χ1) is 15.6. The van der Waals surface area contributed by atoms with Crippen molar-refractivity contribution in [1.82, 2.24) is 4.90 Å². The van der Waals surface area contributed by atoms with E-state index in [1.807, 2.05) is 6.07 Å².